The molecule has 0 aromatic heterocycles. The second kappa shape index (κ2) is 13.5. The lowest BCUT2D eigenvalue weighted by Gasteiger charge is -2.39. The van der Waals surface area contributed by atoms with Crippen LogP contribution >= 0.6 is 0 Å². The Morgan fingerprint density at radius 3 is 2.42 bits per heavy atom. The topological polar surface area (TPSA) is 103 Å². The van der Waals surface area contributed by atoms with Crippen LogP contribution in [-0.4, -0.2) is 53.0 Å². The van der Waals surface area contributed by atoms with Gasteiger partial charge in [0.2, 0.25) is 5.96 Å². The van der Waals surface area contributed by atoms with Crippen LogP contribution in [0.4, 0.5) is 10.1 Å². The summed E-state index contributed by atoms with van der Waals surface area (Å²) in [5, 5.41) is 9.70. The summed E-state index contributed by atoms with van der Waals surface area (Å²) in [7, 11) is 0. The predicted molar refractivity (Wildman–Crippen MR) is 146 cm³/mol. The lowest BCUT2D eigenvalue weighted by molar-refractivity contribution is 0.101. The molecule has 1 saturated heterocycles. The summed E-state index contributed by atoms with van der Waals surface area (Å²) in [6.45, 7) is 4.68. The third kappa shape index (κ3) is 7.99. The molecule has 2 atom stereocenters. The van der Waals surface area contributed by atoms with Crippen LogP contribution in [0.25, 0.3) is 0 Å². The molecule has 0 spiro atoms. The molecule has 198 valence electrons. The van der Waals surface area contributed by atoms with Gasteiger partial charge in [-0.15, -0.1) is 6.42 Å². The van der Waals surface area contributed by atoms with Crippen LogP contribution in [-0.2, 0) is 6.42 Å². The van der Waals surface area contributed by atoms with Crippen molar-refractivity contribution >= 4 is 23.2 Å². The first-order valence-corrected chi connectivity index (χ1v) is 12.8. The maximum Gasteiger partial charge on any atom is 0.209 e. The number of hydrogen-bond acceptors (Lipinski definition) is 5. The number of piperidine rings is 1. The molecule has 1 heterocycles. The van der Waals surface area contributed by atoms with Crippen molar-refractivity contribution in [3.05, 3.63) is 65.0 Å². The highest BCUT2D eigenvalue weighted by atomic mass is 19.1. The largest absolute Gasteiger partial charge is 0.369 e. The fraction of sp³-hybridized carbons (Fsp3) is 0.400. The Morgan fingerprint density at radius 1 is 1.18 bits per heavy atom. The molecule has 3 rings (SSSR count). The van der Waals surface area contributed by atoms with Gasteiger partial charge in [-0.2, -0.15) is 5.26 Å². The number of hydrogen-bond donors (Lipinski definition) is 1. The number of likely N-dealkylation sites (tertiary alicyclic amines) is 1. The zero-order valence-corrected chi connectivity index (χ0v) is 22.0. The van der Waals surface area contributed by atoms with Crippen LogP contribution in [0.15, 0.2) is 47.5 Å². The molecule has 0 radical (unpaired) electrons. The second-order valence-electron chi connectivity index (χ2n) is 9.79. The fourth-order valence-electron chi connectivity index (χ4n) is 4.92. The van der Waals surface area contributed by atoms with E-state index in [0.29, 0.717) is 42.2 Å². The van der Waals surface area contributed by atoms with Gasteiger partial charge in [0.15, 0.2) is 17.8 Å². The van der Waals surface area contributed by atoms with E-state index >= 15 is 0 Å². The van der Waals surface area contributed by atoms with E-state index in [9.17, 15) is 19.2 Å². The maximum atomic E-state index is 13.3. The van der Waals surface area contributed by atoms with Gasteiger partial charge in [-0.25, -0.2) is 14.3 Å². The normalized spacial score (nSPS) is 17.9. The van der Waals surface area contributed by atoms with Gasteiger partial charge in [-0.05, 0) is 94.3 Å². The Labute approximate surface area is 224 Å². The molecule has 2 aromatic carbocycles. The van der Waals surface area contributed by atoms with Gasteiger partial charge in [-0.1, -0.05) is 18.1 Å². The van der Waals surface area contributed by atoms with Crippen LogP contribution in [0.5, 0.6) is 0 Å². The smallest absolute Gasteiger partial charge is 0.209 e. The molecule has 0 saturated carbocycles. The van der Waals surface area contributed by atoms with E-state index in [0.717, 1.165) is 37.8 Å². The van der Waals surface area contributed by atoms with Crippen molar-refractivity contribution in [3.63, 3.8) is 0 Å². The van der Waals surface area contributed by atoms with Gasteiger partial charge in [0.1, 0.15) is 5.82 Å². The molecule has 2 N–H and O–H groups in total. The minimum atomic E-state index is -0.230. The summed E-state index contributed by atoms with van der Waals surface area (Å²) in [4.78, 5) is 31.7. The van der Waals surface area contributed by atoms with Gasteiger partial charge in [0.25, 0.3) is 0 Å². The molecule has 1 fully saturated rings. The Kier molecular flexibility index (Phi) is 10.2. The number of nitriles is 1. The minimum Gasteiger partial charge on any atom is -0.369 e. The average Bonchev–Trinajstić information content (AvgIpc) is 2.89. The SMILES string of the molecule is C#CCN1CC[C@@H](Cc2ccc(F)cc2)C[C@@H]1CCCN(C#N)C(N)=Nc1cc(C(C)=O)cc(C(C)=O)c1. The average molecular weight is 516 g/mol. The summed E-state index contributed by atoms with van der Waals surface area (Å²) in [6.07, 6.45) is 12.1. The van der Waals surface area contributed by atoms with Gasteiger partial charge < -0.3 is 5.73 Å². The molecule has 0 aliphatic carbocycles. The molecule has 0 bridgehead atoms. The van der Waals surface area contributed by atoms with Gasteiger partial charge in [0, 0.05) is 23.7 Å². The molecule has 2 aromatic rings. The molecular weight excluding hydrogens is 481 g/mol. The van der Waals surface area contributed by atoms with Crippen molar-refractivity contribution in [3.8, 4) is 18.5 Å². The minimum absolute atomic E-state index is 0.000940. The Balaban J connectivity index is 1.64. The number of carbonyl (C=O) groups is 2. The molecule has 1 aliphatic rings. The van der Waals surface area contributed by atoms with Crippen molar-refractivity contribution < 1.29 is 14.0 Å². The molecule has 1 aliphatic heterocycles. The van der Waals surface area contributed by atoms with Crippen LogP contribution < -0.4 is 5.73 Å². The lowest BCUT2D eigenvalue weighted by Crippen LogP contribution is -2.43. The van der Waals surface area contributed by atoms with Crippen LogP contribution in [0.2, 0.25) is 0 Å². The number of carbonyl (C=O) groups excluding carboxylic acids is 2. The quantitative estimate of drug-likeness (QED) is 0.123. The number of terminal acetylenes is 1. The van der Waals surface area contributed by atoms with Gasteiger partial charge in [0.05, 0.1) is 12.2 Å². The van der Waals surface area contributed by atoms with Crippen LogP contribution in [0, 0.1) is 35.5 Å². The number of Topliss-reactive ketones (excluding diaryl/α,β-unsaturated/α-hetero) is 2. The summed E-state index contributed by atoms with van der Waals surface area (Å²) < 4.78 is 13.3. The molecular formula is C30H34FN5O2. The van der Waals surface area contributed by atoms with Crippen LogP contribution in [0.1, 0.15) is 65.8 Å². The lowest BCUT2D eigenvalue weighted by atomic mass is 9.84. The maximum absolute atomic E-state index is 13.3. The van der Waals surface area contributed by atoms with Crippen molar-refractivity contribution in [1.29, 1.82) is 5.26 Å². The molecule has 0 unspecified atom stereocenters. The fourth-order valence-corrected chi connectivity index (χ4v) is 4.92. The molecule has 38 heavy (non-hydrogen) atoms. The highest BCUT2D eigenvalue weighted by Crippen LogP contribution is 2.28. The first kappa shape index (κ1) is 28.6. The third-order valence-corrected chi connectivity index (χ3v) is 6.97. The number of nitrogens with two attached hydrogens (primary N) is 1. The second-order valence-corrected chi connectivity index (χ2v) is 9.79. The zero-order chi connectivity index (χ0) is 27.7. The number of guanidine groups is 1. The summed E-state index contributed by atoms with van der Waals surface area (Å²) in [6, 6.07) is 11.6. The van der Waals surface area contributed by atoms with E-state index in [1.165, 1.54) is 36.9 Å². The number of halogens is 1. The Hall–Kier alpha value is -4.01. The highest BCUT2D eigenvalue weighted by Gasteiger charge is 2.28. The Morgan fingerprint density at radius 2 is 1.84 bits per heavy atom. The monoisotopic (exact) mass is 515 g/mol. The third-order valence-electron chi connectivity index (χ3n) is 6.97. The first-order chi connectivity index (χ1) is 18.2. The van der Waals surface area contributed by atoms with Crippen LogP contribution in [0.3, 0.4) is 0 Å². The number of rotatable bonds is 10. The Bertz CT molecular complexity index is 1230. The molecule has 8 heteroatoms. The van der Waals surface area contributed by atoms with E-state index < -0.39 is 0 Å². The van der Waals surface area contributed by atoms with Crippen molar-refractivity contribution in [2.24, 2.45) is 16.6 Å². The van der Waals surface area contributed by atoms with E-state index in [2.05, 4.69) is 22.0 Å². The first-order valence-electron chi connectivity index (χ1n) is 12.8. The van der Waals surface area contributed by atoms with Crippen molar-refractivity contribution in [2.45, 2.75) is 52.0 Å². The number of benzene rings is 2. The highest BCUT2D eigenvalue weighted by molar-refractivity contribution is 6.01. The zero-order valence-electron chi connectivity index (χ0n) is 22.0. The predicted octanol–water partition coefficient (Wildman–Crippen LogP) is 4.70. The summed E-state index contributed by atoms with van der Waals surface area (Å²) >= 11 is 0. The van der Waals surface area contributed by atoms with E-state index in [4.69, 9.17) is 12.2 Å². The standard InChI is InChI=1S/C30H34FN5O2/c1-4-12-35-14-11-24(15-23-7-9-27(31)10-8-23)16-29(35)6-5-13-36(20-32)30(33)34-28-18-25(21(2)37)17-26(19-28)22(3)38/h1,7-10,17-19,24,29H,5-6,11-16H2,2-3H3,(H2,33,34)/t24-,29-/m0/s1. The molecule has 7 nitrogen and oxygen atoms in total. The number of aliphatic imine (C=N–C) groups is 1. The van der Waals surface area contributed by atoms with Crippen molar-refractivity contribution in [2.75, 3.05) is 19.6 Å². The van der Waals surface area contributed by atoms with Gasteiger partial charge >= 0.3 is 0 Å². The summed E-state index contributed by atoms with van der Waals surface area (Å²) in [5.74, 6) is 2.61. The van der Waals surface area contributed by atoms with Crippen molar-refractivity contribution in [1.82, 2.24) is 9.80 Å². The number of nitrogens with zero attached hydrogens (tertiary/aromatic N) is 4. The molecule has 0 amide bonds. The van der Waals surface area contributed by atoms with E-state index in [1.807, 2.05) is 12.1 Å². The van der Waals surface area contributed by atoms with E-state index in [1.54, 1.807) is 12.1 Å². The summed E-state index contributed by atoms with van der Waals surface area (Å²) in [5.41, 5.74) is 8.33. The number of ketones is 2. The van der Waals surface area contributed by atoms with E-state index in [-0.39, 0.29) is 29.4 Å². The van der Waals surface area contributed by atoms with Gasteiger partial charge in [-0.3, -0.25) is 14.5 Å².